The van der Waals surface area contributed by atoms with Crippen molar-refractivity contribution in [1.82, 2.24) is 24.4 Å². The second kappa shape index (κ2) is 7.01. The van der Waals surface area contributed by atoms with E-state index in [0.717, 1.165) is 11.3 Å². The van der Waals surface area contributed by atoms with E-state index in [1.165, 1.54) is 0 Å². The number of fused-ring (bicyclic) bond motifs is 1. The van der Waals surface area contributed by atoms with Crippen molar-refractivity contribution in [2.24, 2.45) is 7.05 Å². The Bertz CT molecular complexity index is 991. The van der Waals surface area contributed by atoms with Gasteiger partial charge >= 0.3 is 6.18 Å². The maximum Gasteiger partial charge on any atom is 0.417 e. The van der Waals surface area contributed by atoms with Crippen LogP contribution in [0.3, 0.4) is 0 Å². The second-order valence-electron chi connectivity index (χ2n) is 6.72. The molecule has 0 aliphatic carbocycles. The third kappa shape index (κ3) is 3.51. The van der Waals surface area contributed by atoms with E-state index in [1.54, 1.807) is 11.1 Å². The lowest BCUT2D eigenvalue weighted by Gasteiger charge is -2.35. The fourth-order valence-electron chi connectivity index (χ4n) is 3.35. The van der Waals surface area contributed by atoms with E-state index in [9.17, 15) is 17.6 Å². The third-order valence-electron chi connectivity index (χ3n) is 4.94. The summed E-state index contributed by atoms with van der Waals surface area (Å²) in [5, 5.41) is 0. The van der Waals surface area contributed by atoms with Gasteiger partial charge in [-0.3, -0.25) is 4.90 Å². The number of alkyl halides is 3. The van der Waals surface area contributed by atoms with Crippen LogP contribution in [0.1, 0.15) is 11.4 Å². The molecule has 6 nitrogen and oxygen atoms in total. The lowest BCUT2D eigenvalue weighted by atomic mass is 10.2. The van der Waals surface area contributed by atoms with Crippen molar-refractivity contribution in [3.05, 3.63) is 47.8 Å². The standard InChI is InChI=1S/C18H18F4N6/c1-26-14-3-2-4-23-16(14)25-15(26)11-27-5-7-28(8-6-27)17-13(19)9-12(10-24-17)18(20,21)22/h2-4,9-10H,5-8,11H2,1H3. The molecule has 1 aliphatic heterocycles. The smallest absolute Gasteiger partial charge is 0.352 e. The highest BCUT2D eigenvalue weighted by atomic mass is 19.4. The van der Waals surface area contributed by atoms with Crippen molar-refractivity contribution in [2.45, 2.75) is 12.7 Å². The van der Waals surface area contributed by atoms with Gasteiger partial charge in [-0.25, -0.2) is 19.3 Å². The molecule has 4 heterocycles. The van der Waals surface area contributed by atoms with Gasteiger partial charge in [-0.15, -0.1) is 0 Å². The van der Waals surface area contributed by atoms with Gasteiger partial charge in [0.2, 0.25) is 0 Å². The van der Waals surface area contributed by atoms with E-state index in [1.807, 2.05) is 23.7 Å². The van der Waals surface area contributed by atoms with Gasteiger partial charge in [0.15, 0.2) is 17.3 Å². The summed E-state index contributed by atoms with van der Waals surface area (Å²) >= 11 is 0. The van der Waals surface area contributed by atoms with Crippen LogP contribution in [0.4, 0.5) is 23.4 Å². The molecule has 10 heteroatoms. The molecular weight excluding hydrogens is 376 g/mol. The Morgan fingerprint density at radius 2 is 1.86 bits per heavy atom. The number of aromatic nitrogens is 4. The SMILES string of the molecule is Cn1c(CN2CCN(c3ncc(C(F)(F)F)cc3F)CC2)nc2ncccc21. The molecule has 0 atom stereocenters. The molecule has 1 saturated heterocycles. The number of hydrogen-bond donors (Lipinski definition) is 0. The summed E-state index contributed by atoms with van der Waals surface area (Å²) in [5.41, 5.74) is 0.560. The van der Waals surface area contributed by atoms with Crippen LogP contribution in [0.15, 0.2) is 30.6 Å². The summed E-state index contributed by atoms with van der Waals surface area (Å²) in [4.78, 5) is 16.3. The minimum Gasteiger partial charge on any atom is -0.352 e. The lowest BCUT2D eigenvalue weighted by Crippen LogP contribution is -2.46. The summed E-state index contributed by atoms with van der Waals surface area (Å²) in [6.07, 6.45) is -2.23. The van der Waals surface area contributed by atoms with Crippen LogP contribution in [0.25, 0.3) is 11.2 Å². The van der Waals surface area contributed by atoms with Crippen LogP contribution in [-0.2, 0) is 19.8 Å². The van der Waals surface area contributed by atoms with Crippen LogP contribution in [0.5, 0.6) is 0 Å². The fraction of sp³-hybridized carbons (Fsp3) is 0.389. The van der Waals surface area contributed by atoms with Gasteiger partial charge < -0.3 is 9.47 Å². The van der Waals surface area contributed by atoms with Crippen LogP contribution in [0, 0.1) is 5.82 Å². The van der Waals surface area contributed by atoms with E-state index >= 15 is 0 Å². The first-order valence-electron chi connectivity index (χ1n) is 8.79. The Morgan fingerprint density at radius 3 is 2.50 bits per heavy atom. The van der Waals surface area contributed by atoms with Crippen molar-refractivity contribution in [3.8, 4) is 0 Å². The van der Waals surface area contributed by atoms with Crippen molar-refractivity contribution in [1.29, 1.82) is 0 Å². The monoisotopic (exact) mass is 394 g/mol. The highest BCUT2D eigenvalue weighted by Gasteiger charge is 2.32. The van der Waals surface area contributed by atoms with E-state index in [0.29, 0.717) is 50.6 Å². The third-order valence-corrected chi connectivity index (χ3v) is 4.94. The minimum absolute atomic E-state index is 0.0421. The summed E-state index contributed by atoms with van der Waals surface area (Å²) in [6, 6.07) is 4.31. The number of piperazine rings is 1. The predicted molar refractivity (Wildman–Crippen MR) is 95.2 cm³/mol. The van der Waals surface area contributed by atoms with Gasteiger partial charge in [-0.2, -0.15) is 13.2 Å². The van der Waals surface area contributed by atoms with E-state index in [2.05, 4.69) is 19.9 Å². The molecule has 0 aromatic carbocycles. The average Bonchev–Trinajstić information content (AvgIpc) is 2.98. The van der Waals surface area contributed by atoms with E-state index in [-0.39, 0.29) is 5.82 Å². The number of hydrogen-bond acceptors (Lipinski definition) is 5. The molecule has 0 radical (unpaired) electrons. The van der Waals surface area contributed by atoms with Gasteiger partial charge in [-0.05, 0) is 18.2 Å². The van der Waals surface area contributed by atoms with Crippen LogP contribution >= 0.6 is 0 Å². The van der Waals surface area contributed by atoms with Crippen LogP contribution in [-0.4, -0.2) is 50.6 Å². The first-order valence-corrected chi connectivity index (χ1v) is 8.79. The maximum atomic E-state index is 14.1. The van der Waals surface area contributed by atoms with E-state index in [4.69, 9.17) is 0 Å². The second-order valence-corrected chi connectivity index (χ2v) is 6.72. The number of nitrogens with zero attached hydrogens (tertiary/aromatic N) is 6. The molecule has 1 aliphatic rings. The number of aryl methyl sites for hydroxylation is 1. The number of halogens is 4. The summed E-state index contributed by atoms with van der Waals surface area (Å²) in [6.45, 7) is 2.80. The Hall–Kier alpha value is -2.75. The lowest BCUT2D eigenvalue weighted by molar-refractivity contribution is -0.138. The molecule has 148 valence electrons. The summed E-state index contributed by atoms with van der Waals surface area (Å²) in [7, 11) is 1.93. The molecule has 3 aromatic rings. The number of pyridine rings is 2. The molecular formula is C18H18F4N6. The van der Waals surface area contributed by atoms with Crippen molar-refractivity contribution in [3.63, 3.8) is 0 Å². The molecule has 0 saturated carbocycles. The summed E-state index contributed by atoms with van der Waals surface area (Å²) < 4.78 is 54.1. The molecule has 0 unspecified atom stereocenters. The maximum absolute atomic E-state index is 14.1. The number of anilines is 1. The molecule has 0 bridgehead atoms. The average molecular weight is 394 g/mol. The Balaban J connectivity index is 1.42. The van der Waals surface area contributed by atoms with E-state index < -0.39 is 17.6 Å². The van der Waals surface area contributed by atoms with Crippen LogP contribution < -0.4 is 4.90 Å². The van der Waals surface area contributed by atoms with Gasteiger partial charge in [0.25, 0.3) is 0 Å². The fourth-order valence-corrected chi connectivity index (χ4v) is 3.35. The predicted octanol–water partition coefficient (Wildman–Crippen LogP) is 2.84. The number of imidazole rings is 1. The molecule has 0 N–H and O–H groups in total. The Kier molecular flexibility index (Phi) is 4.66. The number of rotatable bonds is 3. The molecule has 28 heavy (non-hydrogen) atoms. The van der Waals surface area contributed by atoms with Gasteiger partial charge in [0.1, 0.15) is 5.82 Å². The quantitative estimate of drug-likeness (QED) is 0.640. The zero-order valence-electron chi connectivity index (χ0n) is 15.1. The Labute approximate surface area is 158 Å². The molecule has 3 aromatic heterocycles. The first-order chi connectivity index (χ1) is 13.3. The molecule has 0 spiro atoms. The van der Waals surface area contributed by atoms with Crippen molar-refractivity contribution >= 4 is 17.0 Å². The van der Waals surface area contributed by atoms with Gasteiger partial charge in [0, 0.05) is 45.6 Å². The minimum atomic E-state index is -4.61. The van der Waals surface area contributed by atoms with Crippen molar-refractivity contribution < 1.29 is 17.6 Å². The zero-order chi connectivity index (χ0) is 19.9. The molecule has 0 amide bonds. The first kappa shape index (κ1) is 18.6. The highest BCUT2D eigenvalue weighted by Crippen LogP contribution is 2.31. The van der Waals surface area contributed by atoms with Gasteiger partial charge in [-0.1, -0.05) is 0 Å². The zero-order valence-corrected chi connectivity index (χ0v) is 15.1. The highest BCUT2D eigenvalue weighted by molar-refractivity contribution is 5.71. The largest absolute Gasteiger partial charge is 0.417 e. The summed E-state index contributed by atoms with van der Waals surface area (Å²) in [5.74, 6) is -0.120. The topological polar surface area (TPSA) is 50.1 Å². The van der Waals surface area contributed by atoms with Crippen molar-refractivity contribution in [2.75, 3.05) is 31.1 Å². The molecule has 4 rings (SSSR count). The Morgan fingerprint density at radius 1 is 1.11 bits per heavy atom. The normalized spacial score (nSPS) is 16.1. The van der Waals surface area contributed by atoms with Crippen LogP contribution in [0.2, 0.25) is 0 Å². The molecule has 1 fully saturated rings. The van der Waals surface area contributed by atoms with Gasteiger partial charge in [0.05, 0.1) is 17.6 Å².